The number of rotatable bonds is 3. The molecule has 2 nitrogen and oxygen atoms in total. The van der Waals surface area contributed by atoms with E-state index in [0.29, 0.717) is 0 Å². The number of halogens is 2. The summed E-state index contributed by atoms with van der Waals surface area (Å²) < 4.78 is 13.8. The van der Waals surface area contributed by atoms with Crippen LogP contribution < -0.4 is 5.32 Å². The van der Waals surface area contributed by atoms with E-state index >= 15 is 0 Å². The van der Waals surface area contributed by atoms with Crippen molar-refractivity contribution in [2.75, 3.05) is 5.32 Å². The molecule has 0 spiro atoms. The molecule has 1 atom stereocenters. The summed E-state index contributed by atoms with van der Waals surface area (Å²) in [5, 5.41) is 3.37. The lowest BCUT2D eigenvalue weighted by Crippen LogP contribution is -2.08. The van der Waals surface area contributed by atoms with Crippen molar-refractivity contribution in [3.8, 4) is 0 Å². The molecule has 0 saturated carbocycles. The SMILES string of the molecule is Cc1ccncc1NC(C)c1ccc(F)cc1Br. The van der Waals surface area contributed by atoms with Crippen LogP contribution in [0.25, 0.3) is 0 Å². The third-order valence-corrected chi connectivity index (χ3v) is 3.53. The van der Waals surface area contributed by atoms with Crippen LogP contribution in [0.4, 0.5) is 10.1 Å². The first-order valence-electron chi connectivity index (χ1n) is 5.70. The van der Waals surface area contributed by atoms with Gasteiger partial charge >= 0.3 is 0 Å². The van der Waals surface area contributed by atoms with Crippen LogP contribution in [0.5, 0.6) is 0 Å². The van der Waals surface area contributed by atoms with Crippen molar-refractivity contribution in [1.82, 2.24) is 4.98 Å². The van der Waals surface area contributed by atoms with Crippen LogP contribution in [-0.4, -0.2) is 4.98 Å². The van der Waals surface area contributed by atoms with Crippen molar-refractivity contribution in [1.29, 1.82) is 0 Å². The van der Waals surface area contributed by atoms with Crippen molar-refractivity contribution in [2.45, 2.75) is 19.9 Å². The Labute approximate surface area is 114 Å². The zero-order chi connectivity index (χ0) is 13.1. The Bertz CT molecular complexity index is 557. The number of aryl methyl sites for hydroxylation is 1. The van der Waals surface area contributed by atoms with Gasteiger partial charge in [0.1, 0.15) is 5.82 Å². The number of aromatic nitrogens is 1. The molecule has 0 saturated heterocycles. The number of hydrogen-bond acceptors (Lipinski definition) is 2. The second kappa shape index (κ2) is 5.48. The average Bonchev–Trinajstić information content (AvgIpc) is 2.32. The van der Waals surface area contributed by atoms with Gasteiger partial charge in [0.05, 0.1) is 11.9 Å². The van der Waals surface area contributed by atoms with Crippen LogP contribution in [0.1, 0.15) is 24.1 Å². The summed E-state index contributed by atoms with van der Waals surface area (Å²) in [5.41, 5.74) is 3.14. The van der Waals surface area contributed by atoms with Crippen LogP contribution in [0.3, 0.4) is 0 Å². The van der Waals surface area contributed by atoms with Crippen LogP contribution in [0, 0.1) is 12.7 Å². The maximum Gasteiger partial charge on any atom is 0.124 e. The molecule has 0 amide bonds. The Morgan fingerprint density at radius 2 is 2.11 bits per heavy atom. The minimum absolute atomic E-state index is 0.0721. The van der Waals surface area contributed by atoms with E-state index in [1.54, 1.807) is 18.5 Å². The van der Waals surface area contributed by atoms with Gasteiger partial charge in [-0.25, -0.2) is 4.39 Å². The van der Waals surface area contributed by atoms with E-state index in [4.69, 9.17) is 0 Å². The Hall–Kier alpha value is -1.42. The maximum absolute atomic E-state index is 13.0. The Balaban J connectivity index is 2.22. The van der Waals surface area contributed by atoms with Gasteiger partial charge in [-0.05, 0) is 43.2 Å². The summed E-state index contributed by atoms with van der Waals surface area (Å²) in [5.74, 6) is -0.240. The van der Waals surface area contributed by atoms with Gasteiger partial charge < -0.3 is 5.32 Å². The van der Waals surface area contributed by atoms with E-state index in [9.17, 15) is 4.39 Å². The Kier molecular flexibility index (Phi) is 3.97. The molecule has 2 rings (SSSR count). The molecule has 0 aliphatic carbocycles. The summed E-state index contributed by atoms with van der Waals surface area (Å²) in [6.07, 6.45) is 3.56. The summed E-state index contributed by atoms with van der Waals surface area (Å²) in [6, 6.07) is 6.75. The predicted octanol–water partition coefficient (Wildman–Crippen LogP) is 4.46. The standard InChI is InChI=1S/C14H14BrFN2/c1-9-5-6-17-8-14(9)18-10(2)12-4-3-11(16)7-13(12)15/h3-8,10,18H,1-2H3. The molecule has 1 aromatic carbocycles. The van der Waals surface area contributed by atoms with Gasteiger partial charge in [-0.15, -0.1) is 0 Å². The highest BCUT2D eigenvalue weighted by atomic mass is 79.9. The molecule has 18 heavy (non-hydrogen) atoms. The molecule has 0 aliphatic heterocycles. The van der Waals surface area contributed by atoms with Crippen LogP contribution >= 0.6 is 15.9 Å². The molecule has 1 heterocycles. The van der Waals surface area contributed by atoms with Crippen molar-refractivity contribution >= 4 is 21.6 Å². The number of nitrogens with one attached hydrogen (secondary N) is 1. The quantitative estimate of drug-likeness (QED) is 0.905. The van der Waals surface area contributed by atoms with Crippen molar-refractivity contribution in [3.05, 3.63) is 58.1 Å². The number of anilines is 1. The lowest BCUT2D eigenvalue weighted by atomic mass is 10.1. The third kappa shape index (κ3) is 2.88. The monoisotopic (exact) mass is 308 g/mol. The number of benzene rings is 1. The second-order valence-electron chi connectivity index (χ2n) is 4.22. The molecule has 1 aromatic heterocycles. The van der Waals surface area contributed by atoms with Crippen molar-refractivity contribution in [2.24, 2.45) is 0 Å². The average molecular weight is 309 g/mol. The fourth-order valence-corrected chi connectivity index (χ4v) is 2.47. The number of nitrogens with zero attached hydrogens (tertiary/aromatic N) is 1. The first-order chi connectivity index (χ1) is 8.58. The molecule has 0 aliphatic rings. The molecule has 4 heteroatoms. The highest BCUT2D eigenvalue weighted by molar-refractivity contribution is 9.10. The van der Waals surface area contributed by atoms with E-state index in [1.807, 2.05) is 19.9 Å². The molecular formula is C14H14BrFN2. The van der Waals surface area contributed by atoms with E-state index < -0.39 is 0 Å². The van der Waals surface area contributed by atoms with Gasteiger partial charge in [0, 0.05) is 16.7 Å². The van der Waals surface area contributed by atoms with Crippen LogP contribution in [-0.2, 0) is 0 Å². The van der Waals surface area contributed by atoms with E-state index in [-0.39, 0.29) is 11.9 Å². The van der Waals surface area contributed by atoms with E-state index in [1.165, 1.54) is 12.1 Å². The minimum Gasteiger partial charge on any atom is -0.377 e. The maximum atomic E-state index is 13.0. The summed E-state index contributed by atoms with van der Waals surface area (Å²) >= 11 is 3.38. The normalized spacial score (nSPS) is 12.2. The van der Waals surface area contributed by atoms with Gasteiger partial charge in [0.25, 0.3) is 0 Å². The molecule has 0 radical (unpaired) electrons. The largest absolute Gasteiger partial charge is 0.377 e. The van der Waals surface area contributed by atoms with E-state index in [0.717, 1.165) is 21.3 Å². The molecule has 1 unspecified atom stereocenters. The number of hydrogen-bond donors (Lipinski definition) is 1. The fraction of sp³-hybridized carbons (Fsp3) is 0.214. The summed E-state index contributed by atoms with van der Waals surface area (Å²) in [4.78, 5) is 4.09. The summed E-state index contributed by atoms with van der Waals surface area (Å²) in [6.45, 7) is 4.06. The first kappa shape index (κ1) is 13.0. The van der Waals surface area contributed by atoms with E-state index in [2.05, 4.69) is 26.2 Å². The van der Waals surface area contributed by atoms with Crippen molar-refractivity contribution in [3.63, 3.8) is 0 Å². The lowest BCUT2D eigenvalue weighted by Gasteiger charge is -2.18. The molecule has 94 valence electrons. The highest BCUT2D eigenvalue weighted by Crippen LogP contribution is 2.27. The Morgan fingerprint density at radius 1 is 1.33 bits per heavy atom. The number of pyridine rings is 1. The second-order valence-corrected chi connectivity index (χ2v) is 5.08. The van der Waals surface area contributed by atoms with Crippen molar-refractivity contribution < 1.29 is 4.39 Å². The first-order valence-corrected chi connectivity index (χ1v) is 6.49. The fourth-order valence-electron chi connectivity index (χ4n) is 1.78. The minimum atomic E-state index is -0.240. The van der Waals surface area contributed by atoms with Gasteiger partial charge in [-0.2, -0.15) is 0 Å². The van der Waals surface area contributed by atoms with Gasteiger partial charge in [0.2, 0.25) is 0 Å². The van der Waals surface area contributed by atoms with Crippen LogP contribution in [0.15, 0.2) is 41.1 Å². The van der Waals surface area contributed by atoms with Gasteiger partial charge in [-0.3, -0.25) is 4.98 Å². The molecule has 0 bridgehead atoms. The molecule has 1 N–H and O–H groups in total. The third-order valence-electron chi connectivity index (χ3n) is 2.84. The highest BCUT2D eigenvalue weighted by Gasteiger charge is 2.10. The molecular weight excluding hydrogens is 295 g/mol. The Morgan fingerprint density at radius 3 is 2.78 bits per heavy atom. The van der Waals surface area contributed by atoms with Gasteiger partial charge in [0.15, 0.2) is 0 Å². The lowest BCUT2D eigenvalue weighted by molar-refractivity contribution is 0.625. The molecule has 2 aromatic rings. The zero-order valence-electron chi connectivity index (χ0n) is 10.2. The van der Waals surface area contributed by atoms with Gasteiger partial charge in [-0.1, -0.05) is 22.0 Å². The predicted molar refractivity (Wildman–Crippen MR) is 75.1 cm³/mol. The summed E-state index contributed by atoms with van der Waals surface area (Å²) in [7, 11) is 0. The smallest absolute Gasteiger partial charge is 0.124 e. The van der Waals surface area contributed by atoms with Crippen LogP contribution in [0.2, 0.25) is 0 Å². The topological polar surface area (TPSA) is 24.9 Å². The molecule has 0 fully saturated rings. The zero-order valence-corrected chi connectivity index (χ0v) is 11.8.